The van der Waals surface area contributed by atoms with Gasteiger partial charge < -0.3 is 19.6 Å². The Hall–Kier alpha value is -3.46. The molecular formula is C35H48FN3O5. The Morgan fingerprint density at radius 1 is 1.09 bits per heavy atom. The van der Waals surface area contributed by atoms with Crippen molar-refractivity contribution in [1.29, 1.82) is 0 Å². The maximum absolute atomic E-state index is 14.4. The largest absolute Gasteiger partial charge is 0.493 e. The number of benzene rings is 2. The SMILES string of the molecule is CCCC(CCC)N(C(=O)CN1CC(c2ccc3c(c2)CCO3)C(C(=O)O)C1CCN(CC)C(C)=O)c1ccc(F)c(C)c1. The Labute approximate surface area is 261 Å². The Balaban J connectivity index is 1.70. The van der Waals surface area contributed by atoms with E-state index >= 15 is 0 Å². The molecule has 0 saturated carbocycles. The summed E-state index contributed by atoms with van der Waals surface area (Å²) in [6.07, 6.45) is 4.62. The molecule has 240 valence electrons. The average Bonchev–Trinajstić information content (AvgIpc) is 3.59. The molecule has 2 aromatic carbocycles. The van der Waals surface area contributed by atoms with E-state index in [1.165, 1.54) is 13.0 Å². The molecular weight excluding hydrogens is 561 g/mol. The summed E-state index contributed by atoms with van der Waals surface area (Å²) < 4.78 is 20.0. The molecule has 9 heteroatoms. The third-order valence-corrected chi connectivity index (χ3v) is 9.33. The van der Waals surface area contributed by atoms with Crippen LogP contribution in [0.2, 0.25) is 0 Å². The summed E-state index contributed by atoms with van der Waals surface area (Å²) in [5.41, 5.74) is 3.14. The predicted molar refractivity (Wildman–Crippen MR) is 170 cm³/mol. The van der Waals surface area contributed by atoms with Crippen LogP contribution in [-0.4, -0.2) is 77.6 Å². The Bertz CT molecular complexity index is 1330. The van der Waals surface area contributed by atoms with Crippen LogP contribution in [0.5, 0.6) is 5.75 Å². The Morgan fingerprint density at radius 2 is 1.82 bits per heavy atom. The van der Waals surface area contributed by atoms with Gasteiger partial charge in [0.25, 0.3) is 0 Å². The molecule has 2 heterocycles. The van der Waals surface area contributed by atoms with E-state index in [1.807, 2.05) is 28.9 Å². The first-order chi connectivity index (χ1) is 21.1. The standard InChI is InChI=1S/C35H48FN3O5/c1-6-9-27(10-7-2)39(28-12-13-30(36)23(4)19-28)33(41)22-38-21-29(25-11-14-32-26(20-25)16-18-44-32)34(35(42)43)31(38)15-17-37(8-3)24(5)40/h11-14,19-20,27,29,31,34H,6-10,15-18,21-22H2,1-5H3,(H,42,43). The summed E-state index contributed by atoms with van der Waals surface area (Å²) in [4.78, 5) is 45.1. The van der Waals surface area contributed by atoms with Crippen molar-refractivity contribution in [1.82, 2.24) is 9.80 Å². The molecule has 3 unspecified atom stereocenters. The second-order valence-electron chi connectivity index (χ2n) is 12.2. The fourth-order valence-electron chi connectivity index (χ4n) is 7.11. The van der Waals surface area contributed by atoms with Gasteiger partial charge in [0.05, 0.1) is 19.1 Å². The quantitative estimate of drug-likeness (QED) is 0.291. The molecule has 2 aliphatic rings. The van der Waals surface area contributed by atoms with Gasteiger partial charge in [-0.25, -0.2) is 4.39 Å². The number of fused-ring (bicyclic) bond motifs is 1. The second kappa shape index (κ2) is 15.0. The van der Waals surface area contributed by atoms with Crippen molar-refractivity contribution in [2.24, 2.45) is 5.92 Å². The van der Waals surface area contributed by atoms with Crippen LogP contribution >= 0.6 is 0 Å². The van der Waals surface area contributed by atoms with Crippen LogP contribution in [0.1, 0.15) is 82.4 Å². The van der Waals surface area contributed by atoms with E-state index in [9.17, 15) is 23.9 Å². The van der Waals surface area contributed by atoms with E-state index < -0.39 is 17.9 Å². The fraction of sp³-hybridized carbons (Fsp3) is 0.571. The number of carboxylic acid groups (broad SMARTS) is 1. The van der Waals surface area contributed by atoms with Gasteiger partial charge >= 0.3 is 5.97 Å². The smallest absolute Gasteiger partial charge is 0.308 e. The molecule has 44 heavy (non-hydrogen) atoms. The lowest BCUT2D eigenvalue weighted by Crippen LogP contribution is -2.48. The zero-order valence-electron chi connectivity index (χ0n) is 26.9. The predicted octanol–water partition coefficient (Wildman–Crippen LogP) is 5.80. The van der Waals surface area contributed by atoms with Crippen LogP contribution in [0.4, 0.5) is 10.1 Å². The minimum Gasteiger partial charge on any atom is -0.493 e. The fourth-order valence-corrected chi connectivity index (χ4v) is 7.11. The number of hydrogen-bond donors (Lipinski definition) is 1. The molecule has 3 atom stereocenters. The van der Waals surface area contributed by atoms with Gasteiger partial charge in [0.2, 0.25) is 11.8 Å². The van der Waals surface area contributed by atoms with Crippen molar-refractivity contribution < 1.29 is 28.6 Å². The van der Waals surface area contributed by atoms with Crippen LogP contribution < -0.4 is 9.64 Å². The van der Waals surface area contributed by atoms with Gasteiger partial charge in [-0.3, -0.25) is 19.3 Å². The van der Waals surface area contributed by atoms with Gasteiger partial charge in [0.1, 0.15) is 11.6 Å². The number of rotatable bonds is 14. The van der Waals surface area contributed by atoms with Crippen LogP contribution in [-0.2, 0) is 20.8 Å². The van der Waals surface area contributed by atoms with E-state index in [0.29, 0.717) is 43.9 Å². The van der Waals surface area contributed by atoms with Crippen molar-refractivity contribution in [3.8, 4) is 5.75 Å². The first-order valence-corrected chi connectivity index (χ1v) is 16.2. The number of aryl methyl sites for hydroxylation is 1. The van der Waals surface area contributed by atoms with Crippen molar-refractivity contribution in [2.45, 2.75) is 91.1 Å². The molecule has 1 fully saturated rings. The molecule has 0 bridgehead atoms. The van der Waals surface area contributed by atoms with Crippen LogP contribution in [0, 0.1) is 18.7 Å². The number of carbonyl (C=O) groups excluding carboxylic acids is 2. The van der Waals surface area contributed by atoms with E-state index in [2.05, 4.69) is 19.9 Å². The monoisotopic (exact) mass is 609 g/mol. The van der Waals surface area contributed by atoms with Gasteiger partial charge in [-0.15, -0.1) is 0 Å². The highest BCUT2D eigenvalue weighted by Crippen LogP contribution is 2.41. The van der Waals surface area contributed by atoms with E-state index in [-0.39, 0.29) is 36.1 Å². The maximum atomic E-state index is 14.4. The lowest BCUT2D eigenvalue weighted by molar-refractivity contribution is -0.143. The van der Waals surface area contributed by atoms with Crippen molar-refractivity contribution in [2.75, 3.05) is 37.7 Å². The third-order valence-electron chi connectivity index (χ3n) is 9.33. The minimum atomic E-state index is -0.904. The van der Waals surface area contributed by atoms with Crippen LogP contribution in [0.15, 0.2) is 36.4 Å². The van der Waals surface area contributed by atoms with E-state index in [0.717, 1.165) is 49.0 Å². The summed E-state index contributed by atoms with van der Waals surface area (Å²) in [5, 5.41) is 10.6. The minimum absolute atomic E-state index is 0.0333. The van der Waals surface area contributed by atoms with Crippen molar-refractivity contribution in [3.05, 3.63) is 58.9 Å². The van der Waals surface area contributed by atoms with Gasteiger partial charge in [-0.05, 0) is 74.1 Å². The molecule has 8 nitrogen and oxygen atoms in total. The molecule has 2 amide bonds. The molecule has 0 spiro atoms. The number of anilines is 1. The zero-order valence-corrected chi connectivity index (χ0v) is 26.9. The highest BCUT2D eigenvalue weighted by molar-refractivity contribution is 5.95. The van der Waals surface area contributed by atoms with Gasteiger partial charge in [0, 0.05) is 56.7 Å². The summed E-state index contributed by atoms with van der Waals surface area (Å²) in [6.45, 7) is 11.3. The molecule has 0 aliphatic carbocycles. The number of hydrogen-bond acceptors (Lipinski definition) is 5. The number of ether oxygens (including phenoxy) is 1. The molecule has 4 rings (SSSR count). The number of likely N-dealkylation sites (tertiary alicyclic amines) is 1. The lowest BCUT2D eigenvalue weighted by Gasteiger charge is -2.35. The summed E-state index contributed by atoms with van der Waals surface area (Å²) in [6, 6.07) is 10.2. The molecule has 2 aliphatic heterocycles. The van der Waals surface area contributed by atoms with Crippen molar-refractivity contribution in [3.63, 3.8) is 0 Å². The number of nitrogens with zero attached hydrogens (tertiary/aromatic N) is 3. The van der Waals surface area contributed by atoms with Crippen LogP contribution in [0.3, 0.4) is 0 Å². The van der Waals surface area contributed by atoms with Gasteiger partial charge in [-0.2, -0.15) is 0 Å². The first-order valence-electron chi connectivity index (χ1n) is 16.2. The maximum Gasteiger partial charge on any atom is 0.308 e. The molecule has 2 aromatic rings. The lowest BCUT2D eigenvalue weighted by atomic mass is 9.83. The molecule has 0 radical (unpaired) electrons. The number of carbonyl (C=O) groups is 3. The average molecular weight is 610 g/mol. The Morgan fingerprint density at radius 3 is 2.43 bits per heavy atom. The number of carboxylic acids is 1. The molecule has 1 N–H and O–H groups in total. The topological polar surface area (TPSA) is 90.4 Å². The van der Waals surface area contributed by atoms with E-state index in [1.54, 1.807) is 24.0 Å². The van der Waals surface area contributed by atoms with Crippen LogP contribution in [0.25, 0.3) is 0 Å². The number of halogens is 1. The highest BCUT2D eigenvalue weighted by atomic mass is 19.1. The summed E-state index contributed by atoms with van der Waals surface area (Å²) in [7, 11) is 0. The molecule has 1 saturated heterocycles. The first kappa shape index (κ1) is 33.4. The summed E-state index contributed by atoms with van der Waals surface area (Å²) >= 11 is 0. The third kappa shape index (κ3) is 7.42. The van der Waals surface area contributed by atoms with Gasteiger partial charge in [-0.1, -0.05) is 38.8 Å². The van der Waals surface area contributed by atoms with E-state index in [4.69, 9.17) is 4.74 Å². The summed E-state index contributed by atoms with van der Waals surface area (Å²) in [5.74, 6) is -1.65. The highest BCUT2D eigenvalue weighted by Gasteiger charge is 2.47. The number of amides is 2. The van der Waals surface area contributed by atoms with Crippen molar-refractivity contribution >= 4 is 23.5 Å². The normalized spacial score (nSPS) is 19.6. The number of aliphatic carboxylic acids is 1. The zero-order chi connectivity index (χ0) is 32.0. The van der Waals surface area contributed by atoms with Gasteiger partial charge in [0.15, 0.2) is 0 Å². The Kier molecular flexibility index (Phi) is 11.4. The molecule has 0 aromatic heterocycles. The second-order valence-corrected chi connectivity index (χ2v) is 12.2.